The van der Waals surface area contributed by atoms with Crippen molar-refractivity contribution in [2.45, 2.75) is 71.5 Å². The first kappa shape index (κ1) is 24.6. The minimum absolute atomic E-state index is 0.115. The lowest BCUT2D eigenvalue weighted by Gasteiger charge is -2.31. The molecule has 1 saturated carbocycles. The highest BCUT2D eigenvalue weighted by Gasteiger charge is 2.28. The van der Waals surface area contributed by atoms with Gasteiger partial charge in [-0.05, 0) is 62.9 Å². The lowest BCUT2D eigenvalue weighted by molar-refractivity contribution is -0.142. The van der Waals surface area contributed by atoms with E-state index in [2.05, 4.69) is 5.32 Å². The van der Waals surface area contributed by atoms with Crippen LogP contribution in [0.25, 0.3) is 0 Å². The van der Waals surface area contributed by atoms with E-state index in [4.69, 9.17) is 9.47 Å². The molecule has 3 rings (SSSR count). The molecule has 0 heterocycles. The quantitative estimate of drug-likeness (QED) is 0.606. The minimum Gasteiger partial charge on any atom is -0.497 e. The van der Waals surface area contributed by atoms with Crippen LogP contribution in [0.5, 0.6) is 11.5 Å². The predicted octanol–water partition coefficient (Wildman–Crippen LogP) is 4.56. The summed E-state index contributed by atoms with van der Waals surface area (Å²) in [4.78, 5) is 27.9. The Bertz CT molecular complexity index is 936. The van der Waals surface area contributed by atoms with Crippen LogP contribution in [0.15, 0.2) is 42.5 Å². The number of carbonyl (C=O) groups is 2. The Kier molecular flexibility index (Phi) is 8.75. The summed E-state index contributed by atoms with van der Waals surface area (Å²) in [7, 11) is 1.62. The van der Waals surface area contributed by atoms with Gasteiger partial charge in [-0.25, -0.2) is 0 Å². The van der Waals surface area contributed by atoms with Crippen molar-refractivity contribution in [2.24, 2.45) is 0 Å². The van der Waals surface area contributed by atoms with Gasteiger partial charge in [0.2, 0.25) is 5.91 Å². The lowest BCUT2D eigenvalue weighted by Crippen LogP contribution is -2.51. The van der Waals surface area contributed by atoms with E-state index in [1.54, 1.807) is 18.9 Å². The number of methoxy groups -OCH3 is 1. The minimum atomic E-state index is -0.607. The third-order valence-corrected chi connectivity index (χ3v) is 6.31. The van der Waals surface area contributed by atoms with Crippen molar-refractivity contribution in [1.29, 1.82) is 0 Å². The molecular weight excluding hydrogens is 416 g/mol. The van der Waals surface area contributed by atoms with Crippen molar-refractivity contribution in [3.05, 3.63) is 59.2 Å². The van der Waals surface area contributed by atoms with E-state index < -0.39 is 6.04 Å². The van der Waals surface area contributed by atoms with E-state index >= 15 is 0 Å². The average Bonchev–Trinajstić information content (AvgIpc) is 2.82. The SMILES string of the molecule is COc1ccc(CN(C(=O)COc2ccc(C)cc2C)[C@@H](C)C(=O)NC2CCCCC2)cc1. The topological polar surface area (TPSA) is 67.9 Å². The molecule has 0 aromatic heterocycles. The monoisotopic (exact) mass is 452 g/mol. The van der Waals surface area contributed by atoms with E-state index in [0.29, 0.717) is 12.3 Å². The van der Waals surface area contributed by atoms with Crippen LogP contribution in [0.1, 0.15) is 55.7 Å². The van der Waals surface area contributed by atoms with Crippen LogP contribution >= 0.6 is 0 Å². The lowest BCUT2D eigenvalue weighted by atomic mass is 9.95. The fraction of sp³-hybridized carbons (Fsp3) is 0.481. The fourth-order valence-corrected chi connectivity index (χ4v) is 4.26. The second kappa shape index (κ2) is 11.7. The van der Waals surface area contributed by atoms with E-state index in [0.717, 1.165) is 48.1 Å². The Morgan fingerprint density at radius 1 is 1.06 bits per heavy atom. The molecule has 0 saturated heterocycles. The Morgan fingerprint density at radius 3 is 2.39 bits per heavy atom. The molecule has 0 aliphatic heterocycles. The maximum atomic E-state index is 13.3. The van der Waals surface area contributed by atoms with Gasteiger partial charge in [-0.3, -0.25) is 9.59 Å². The number of aryl methyl sites for hydroxylation is 2. The van der Waals surface area contributed by atoms with Gasteiger partial charge in [0.1, 0.15) is 17.5 Å². The maximum Gasteiger partial charge on any atom is 0.261 e. The molecule has 0 radical (unpaired) electrons. The Labute approximate surface area is 197 Å². The van der Waals surface area contributed by atoms with Crippen molar-refractivity contribution in [3.63, 3.8) is 0 Å². The summed E-state index contributed by atoms with van der Waals surface area (Å²) in [5.41, 5.74) is 3.04. The molecule has 1 fully saturated rings. The van der Waals surface area contributed by atoms with Crippen LogP contribution in [-0.4, -0.2) is 42.5 Å². The molecule has 2 aromatic carbocycles. The Hall–Kier alpha value is -3.02. The second-order valence-corrected chi connectivity index (χ2v) is 8.95. The number of hydrogen-bond acceptors (Lipinski definition) is 4. The molecule has 33 heavy (non-hydrogen) atoms. The third kappa shape index (κ3) is 6.98. The molecule has 2 amide bonds. The zero-order chi connectivity index (χ0) is 23.8. The maximum absolute atomic E-state index is 13.3. The average molecular weight is 453 g/mol. The summed E-state index contributed by atoms with van der Waals surface area (Å²) in [5, 5.41) is 3.15. The molecule has 1 aliphatic carbocycles. The summed E-state index contributed by atoms with van der Waals surface area (Å²) >= 11 is 0. The molecule has 6 nitrogen and oxygen atoms in total. The number of ether oxygens (including phenoxy) is 2. The van der Waals surface area contributed by atoms with Gasteiger partial charge < -0.3 is 19.7 Å². The van der Waals surface area contributed by atoms with Crippen molar-refractivity contribution in [3.8, 4) is 11.5 Å². The molecule has 1 N–H and O–H groups in total. The highest BCUT2D eigenvalue weighted by Crippen LogP contribution is 2.21. The zero-order valence-electron chi connectivity index (χ0n) is 20.2. The van der Waals surface area contributed by atoms with Gasteiger partial charge in [0.15, 0.2) is 6.61 Å². The summed E-state index contributed by atoms with van der Waals surface area (Å²) in [6, 6.07) is 13.0. The summed E-state index contributed by atoms with van der Waals surface area (Å²) in [6.07, 6.45) is 5.50. The number of nitrogens with one attached hydrogen (secondary N) is 1. The van der Waals surface area contributed by atoms with Gasteiger partial charge in [-0.2, -0.15) is 0 Å². The summed E-state index contributed by atoms with van der Waals surface area (Å²) < 4.78 is 11.1. The second-order valence-electron chi connectivity index (χ2n) is 8.95. The molecule has 0 unspecified atom stereocenters. The van der Waals surface area contributed by atoms with Crippen molar-refractivity contribution in [1.82, 2.24) is 10.2 Å². The number of benzene rings is 2. The third-order valence-electron chi connectivity index (χ3n) is 6.31. The zero-order valence-corrected chi connectivity index (χ0v) is 20.2. The van der Waals surface area contributed by atoms with Crippen LogP contribution in [0, 0.1) is 13.8 Å². The molecule has 0 bridgehead atoms. The van der Waals surface area contributed by atoms with E-state index in [1.165, 1.54) is 6.42 Å². The van der Waals surface area contributed by atoms with Gasteiger partial charge in [-0.15, -0.1) is 0 Å². The molecular formula is C27H36N2O4. The number of nitrogens with zero attached hydrogens (tertiary/aromatic N) is 1. The Balaban J connectivity index is 1.72. The van der Waals surface area contributed by atoms with Gasteiger partial charge >= 0.3 is 0 Å². The molecule has 1 atom stereocenters. The molecule has 2 aromatic rings. The first-order valence-electron chi connectivity index (χ1n) is 11.8. The predicted molar refractivity (Wildman–Crippen MR) is 129 cm³/mol. The van der Waals surface area contributed by atoms with E-state index in [1.807, 2.05) is 56.3 Å². The smallest absolute Gasteiger partial charge is 0.261 e. The highest BCUT2D eigenvalue weighted by atomic mass is 16.5. The van der Waals surface area contributed by atoms with E-state index in [-0.39, 0.29) is 24.5 Å². The standard InChI is InChI=1S/C27H36N2O4/c1-19-10-15-25(20(2)16-19)33-18-26(30)29(17-22-11-13-24(32-4)14-12-22)21(3)27(31)28-23-8-6-5-7-9-23/h10-16,21,23H,5-9,17-18H2,1-4H3,(H,28,31)/t21-/m0/s1. The highest BCUT2D eigenvalue weighted by molar-refractivity contribution is 5.88. The number of hydrogen-bond donors (Lipinski definition) is 1. The van der Waals surface area contributed by atoms with Crippen LogP contribution in [0.2, 0.25) is 0 Å². The largest absolute Gasteiger partial charge is 0.497 e. The van der Waals surface area contributed by atoms with Crippen LogP contribution in [-0.2, 0) is 16.1 Å². The summed E-state index contributed by atoms with van der Waals surface area (Å²) in [5.74, 6) is 1.09. The molecule has 1 aliphatic rings. The van der Waals surface area contributed by atoms with Gasteiger partial charge in [0.25, 0.3) is 5.91 Å². The number of amides is 2. The molecule has 6 heteroatoms. The normalized spacial score (nSPS) is 14.9. The van der Waals surface area contributed by atoms with E-state index in [9.17, 15) is 9.59 Å². The van der Waals surface area contributed by atoms with Crippen LogP contribution in [0.3, 0.4) is 0 Å². The van der Waals surface area contributed by atoms with Gasteiger partial charge in [0, 0.05) is 12.6 Å². The number of carbonyl (C=O) groups excluding carboxylic acids is 2. The van der Waals surface area contributed by atoms with Crippen LogP contribution in [0.4, 0.5) is 0 Å². The first-order valence-corrected chi connectivity index (χ1v) is 11.8. The van der Waals surface area contributed by atoms with Gasteiger partial charge in [-0.1, -0.05) is 49.1 Å². The van der Waals surface area contributed by atoms with Crippen molar-refractivity contribution in [2.75, 3.05) is 13.7 Å². The molecule has 178 valence electrons. The first-order chi connectivity index (χ1) is 15.9. The van der Waals surface area contributed by atoms with Crippen molar-refractivity contribution >= 4 is 11.8 Å². The van der Waals surface area contributed by atoms with Crippen LogP contribution < -0.4 is 14.8 Å². The van der Waals surface area contributed by atoms with Crippen molar-refractivity contribution < 1.29 is 19.1 Å². The Morgan fingerprint density at radius 2 is 1.76 bits per heavy atom. The molecule has 0 spiro atoms. The fourth-order valence-electron chi connectivity index (χ4n) is 4.26. The van der Waals surface area contributed by atoms with Gasteiger partial charge in [0.05, 0.1) is 7.11 Å². The summed E-state index contributed by atoms with van der Waals surface area (Å²) in [6.45, 7) is 5.96. The number of rotatable bonds is 9.